The molecule has 0 spiro atoms. The van der Waals surface area contributed by atoms with Crippen molar-refractivity contribution in [2.75, 3.05) is 5.32 Å². The third-order valence-corrected chi connectivity index (χ3v) is 5.09. The van der Waals surface area contributed by atoms with Gasteiger partial charge in [0.2, 0.25) is 5.95 Å². The summed E-state index contributed by atoms with van der Waals surface area (Å²) in [7, 11) is 1.81. The van der Waals surface area contributed by atoms with E-state index in [0.29, 0.717) is 23.1 Å². The first-order valence-corrected chi connectivity index (χ1v) is 10.1. The van der Waals surface area contributed by atoms with Crippen LogP contribution in [0.4, 0.5) is 24.9 Å². The number of nitrogens with zero attached hydrogens (tertiary/aromatic N) is 7. The third-order valence-electron chi connectivity index (χ3n) is 5.09. The molecule has 0 saturated carbocycles. The summed E-state index contributed by atoms with van der Waals surface area (Å²) in [5, 5.41) is 15.5. The van der Waals surface area contributed by atoms with E-state index in [2.05, 4.69) is 35.3 Å². The van der Waals surface area contributed by atoms with Crippen LogP contribution >= 0.6 is 0 Å². The Kier molecular flexibility index (Phi) is 5.54. The molecule has 0 aliphatic carbocycles. The van der Waals surface area contributed by atoms with Gasteiger partial charge in [-0.2, -0.15) is 13.9 Å². The molecular weight excluding hydrogens is 449 g/mol. The second-order valence-corrected chi connectivity index (χ2v) is 7.30. The zero-order chi connectivity index (χ0) is 23.7. The second-order valence-electron chi connectivity index (χ2n) is 7.30. The van der Waals surface area contributed by atoms with Crippen LogP contribution in [0.3, 0.4) is 0 Å². The molecule has 0 aliphatic heterocycles. The summed E-state index contributed by atoms with van der Waals surface area (Å²) in [4.78, 5) is 8.79. The van der Waals surface area contributed by atoms with Gasteiger partial charge in [0, 0.05) is 43.6 Å². The Morgan fingerprint density at radius 2 is 1.94 bits per heavy atom. The average molecular weight is 466 g/mol. The lowest BCUT2D eigenvalue weighted by molar-refractivity contribution is -0.0500. The number of nitrogens with one attached hydrogen (secondary N) is 1. The molecule has 34 heavy (non-hydrogen) atoms. The summed E-state index contributed by atoms with van der Waals surface area (Å²) in [6, 6.07) is 10.8. The number of alkyl halides is 2. The predicted octanol–water partition coefficient (Wildman–Crippen LogP) is 3.99. The number of benzene rings is 1. The molecule has 4 aromatic heterocycles. The number of rotatable bonds is 7. The van der Waals surface area contributed by atoms with Crippen molar-refractivity contribution < 1.29 is 17.9 Å². The quantitative estimate of drug-likeness (QED) is 0.388. The van der Waals surface area contributed by atoms with Gasteiger partial charge in [0.25, 0.3) is 0 Å². The molecule has 0 fully saturated rings. The van der Waals surface area contributed by atoms with E-state index < -0.39 is 12.4 Å². The van der Waals surface area contributed by atoms with Crippen molar-refractivity contribution in [3.8, 4) is 17.0 Å². The third kappa shape index (κ3) is 4.37. The topological polar surface area (TPSA) is 95.1 Å². The van der Waals surface area contributed by atoms with Crippen LogP contribution in [0.1, 0.15) is 11.4 Å². The van der Waals surface area contributed by atoms with Crippen molar-refractivity contribution in [2.45, 2.75) is 13.0 Å². The molecule has 172 valence electrons. The van der Waals surface area contributed by atoms with Gasteiger partial charge in [-0.3, -0.25) is 9.08 Å². The fraction of sp³-hybridized carbons (Fsp3) is 0.136. The molecule has 0 aliphatic rings. The molecule has 1 N–H and O–H groups in total. The molecule has 5 aromatic rings. The van der Waals surface area contributed by atoms with E-state index in [1.54, 1.807) is 40.8 Å². The van der Waals surface area contributed by atoms with Crippen molar-refractivity contribution >= 4 is 17.4 Å². The Labute approximate surface area is 190 Å². The van der Waals surface area contributed by atoms with Crippen LogP contribution in [-0.2, 0) is 13.5 Å². The maximum Gasteiger partial charge on any atom is 0.387 e. The van der Waals surface area contributed by atoms with Crippen LogP contribution < -0.4 is 10.1 Å². The molecule has 0 saturated heterocycles. The van der Waals surface area contributed by atoms with Gasteiger partial charge in [0.15, 0.2) is 5.65 Å². The van der Waals surface area contributed by atoms with Crippen LogP contribution in [0, 0.1) is 5.82 Å². The normalized spacial score (nSPS) is 11.3. The van der Waals surface area contributed by atoms with Crippen molar-refractivity contribution in [3.63, 3.8) is 0 Å². The number of fused-ring (bicyclic) bond motifs is 1. The van der Waals surface area contributed by atoms with E-state index in [1.807, 2.05) is 18.2 Å². The summed E-state index contributed by atoms with van der Waals surface area (Å²) < 4.78 is 46.6. The first kappa shape index (κ1) is 21.4. The minimum absolute atomic E-state index is 0.119. The Hall–Kier alpha value is -4.48. The van der Waals surface area contributed by atoms with Crippen LogP contribution in [-0.4, -0.2) is 41.0 Å². The Balaban J connectivity index is 1.38. The van der Waals surface area contributed by atoms with Gasteiger partial charge in [-0.25, -0.2) is 14.4 Å². The molecule has 0 unspecified atom stereocenters. The summed E-state index contributed by atoms with van der Waals surface area (Å²) in [6.45, 7) is -3.02. The van der Waals surface area contributed by atoms with Gasteiger partial charge in [0.1, 0.15) is 23.2 Å². The smallest absolute Gasteiger partial charge is 0.387 e. The van der Waals surface area contributed by atoms with Crippen molar-refractivity contribution in [1.82, 2.24) is 34.3 Å². The maximum atomic E-state index is 14.4. The van der Waals surface area contributed by atoms with Gasteiger partial charge >= 0.3 is 6.61 Å². The van der Waals surface area contributed by atoms with Crippen LogP contribution in [0.25, 0.3) is 16.9 Å². The molecule has 0 radical (unpaired) electrons. The monoisotopic (exact) mass is 466 g/mol. The first-order chi connectivity index (χ1) is 16.5. The number of hydrogen-bond donors (Lipinski definition) is 1. The van der Waals surface area contributed by atoms with Gasteiger partial charge in [-0.15, -0.1) is 10.2 Å². The highest BCUT2D eigenvalue weighted by molar-refractivity contribution is 5.65. The minimum atomic E-state index is -3.02. The van der Waals surface area contributed by atoms with Crippen molar-refractivity contribution in [1.29, 1.82) is 0 Å². The lowest BCUT2D eigenvalue weighted by Gasteiger charge is -2.08. The summed E-state index contributed by atoms with van der Waals surface area (Å²) in [5.74, 6) is 0.743. The van der Waals surface area contributed by atoms with Crippen LogP contribution in [0.5, 0.6) is 5.75 Å². The molecule has 12 heteroatoms. The van der Waals surface area contributed by atoms with Crippen molar-refractivity contribution in [3.05, 3.63) is 78.3 Å². The molecule has 1 aromatic carbocycles. The standard InChI is InChI=1S/C22H17F3N8O/c1-32-18(5-8-27-32)29-22-26-7-4-17(28-22)14-6-9-33-19(30-31-20(33)11-14)10-13-2-3-15(12-16(13)23)34-21(24)25/h2-9,11-12,21H,10H2,1H3,(H,26,28,29). The van der Waals surface area contributed by atoms with E-state index in [-0.39, 0.29) is 17.7 Å². The zero-order valence-corrected chi connectivity index (χ0v) is 17.7. The number of hydrogen-bond acceptors (Lipinski definition) is 7. The Bertz CT molecular complexity index is 1470. The molecule has 0 amide bonds. The maximum absolute atomic E-state index is 14.4. The summed E-state index contributed by atoms with van der Waals surface area (Å²) >= 11 is 0. The van der Waals surface area contributed by atoms with E-state index in [0.717, 1.165) is 17.4 Å². The molecule has 5 rings (SSSR count). The second kappa shape index (κ2) is 8.81. The molecule has 4 heterocycles. The predicted molar refractivity (Wildman–Crippen MR) is 116 cm³/mol. The number of aromatic nitrogens is 7. The fourth-order valence-electron chi connectivity index (χ4n) is 3.43. The highest BCUT2D eigenvalue weighted by Crippen LogP contribution is 2.23. The van der Waals surface area contributed by atoms with Gasteiger partial charge in [-0.05, 0) is 29.8 Å². The number of pyridine rings is 1. The lowest BCUT2D eigenvalue weighted by atomic mass is 10.1. The zero-order valence-electron chi connectivity index (χ0n) is 17.7. The average Bonchev–Trinajstić information content (AvgIpc) is 3.41. The number of aryl methyl sites for hydroxylation is 1. The van der Waals surface area contributed by atoms with E-state index >= 15 is 0 Å². The molecule has 0 atom stereocenters. The largest absolute Gasteiger partial charge is 0.435 e. The Morgan fingerprint density at radius 1 is 1.06 bits per heavy atom. The van der Waals surface area contributed by atoms with Crippen LogP contribution in [0.2, 0.25) is 0 Å². The summed E-state index contributed by atoms with van der Waals surface area (Å²) in [6.07, 6.45) is 5.20. The number of halogens is 3. The van der Waals surface area contributed by atoms with E-state index in [9.17, 15) is 13.2 Å². The van der Waals surface area contributed by atoms with Crippen LogP contribution in [0.15, 0.2) is 61.1 Å². The minimum Gasteiger partial charge on any atom is -0.435 e. The number of ether oxygens (including phenoxy) is 1. The molecule has 0 bridgehead atoms. The van der Waals surface area contributed by atoms with Gasteiger partial charge in [-0.1, -0.05) is 6.07 Å². The Morgan fingerprint density at radius 3 is 2.71 bits per heavy atom. The molecule has 9 nitrogen and oxygen atoms in total. The van der Waals surface area contributed by atoms with E-state index in [4.69, 9.17) is 0 Å². The highest BCUT2D eigenvalue weighted by Gasteiger charge is 2.13. The van der Waals surface area contributed by atoms with Crippen molar-refractivity contribution in [2.24, 2.45) is 7.05 Å². The van der Waals surface area contributed by atoms with Gasteiger partial charge < -0.3 is 10.1 Å². The SMILES string of the molecule is Cn1nccc1Nc1nccc(-c2ccn3c(Cc4ccc(OC(F)F)cc4F)nnc3c2)n1. The van der Waals surface area contributed by atoms with Gasteiger partial charge in [0.05, 0.1) is 11.9 Å². The summed E-state index contributed by atoms with van der Waals surface area (Å²) in [5.41, 5.74) is 2.29. The fourth-order valence-corrected chi connectivity index (χ4v) is 3.43. The molecular formula is C22H17F3N8O. The lowest BCUT2D eigenvalue weighted by Crippen LogP contribution is -2.04. The first-order valence-electron chi connectivity index (χ1n) is 10.1. The highest BCUT2D eigenvalue weighted by atomic mass is 19.3. The van der Waals surface area contributed by atoms with E-state index in [1.165, 1.54) is 12.1 Å². The number of anilines is 2.